The Morgan fingerprint density at radius 1 is 1.03 bits per heavy atom. The molecule has 1 fully saturated rings. The maximum Gasteiger partial charge on any atom is 0.303 e. The van der Waals surface area contributed by atoms with E-state index in [0.29, 0.717) is 17.6 Å². The third kappa shape index (κ3) is 4.58. The van der Waals surface area contributed by atoms with E-state index in [4.69, 9.17) is 14.2 Å². The van der Waals surface area contributed by atoms with Gasteiger partial charge in [-0.15, -0.1) is 0 Å². The van der Waals surface area contributed by atoms with Crippen molar-refractivity contribution in [2.45, 2.75) is 116 Å². The van der Waals surface area contributed by atoms with Crippen LogP contribution >= 0.6 is 0 Å². The molecule has 3 N–H and O–H groups in total. The predicted molar refractivity (Wildman–Crippen MR) is 132 cm³/mol. The lowest BCUT2D eigenvalue weighted by Crippen LogP contribution is -2.59. The summed E-state index contributed by atoms with van der Waals surface area (Å²) in [4.78, 5) is 11.6. The maximum atomic E-state index is 11.6. The van der Waals surface area contributed by atoms with Crippen molar-refractivity contribution in [3.05, 3.63) is 33.9 Å². The average Bonchev–Trinajstić information content (AvgIpc) is 2.76. The Kier molecular flexibility index (Phi) is 7.24. The molecule has 7 heteroatoms. The smallest absolute Gasteiger partial charge is 0.303 e. The predicted octanol–water partition coefficient (Wildman–Crippen LogP) is 4.55. The number of aromatic hydroxyl groups is 1. The van der Waals surface area contributed by atoms with Crippen LogP contribution < -0.4 is 4.74 Å². The summed E-state index contributed by atoms with van der Waals surface area (Å²) in [7, 11) is 0. The molecule has 1 aromatic rings. The lowest BCUT2D eigenvalue weighted by atomic mass is 9.62. The minimum absolute atomic E-state index is 0.0616. The minimum atomic E-state index is -1.42. The highest BCUT2D eigenvalue weighted by Gasteiger charge is 2.48. The molecule has 0 spiro atoms. The van der Waals surface area contributed by atoms with Crippen LogP contribution in [0.25, 0.3) is 0 Å². The minimum Gasteiger partial charge on any atom is -0.504 e. The van der Waals surface area contributed by atoms with Gasteiger partial charge in [-0.1, -0.05) is 25.5 Å². The van der Waals surface area contributed by atoms with Crippen molar-refractivity contribution in [1.82, 2.24) is 0 Å². The largest absolute Gasteiger partial charge is 0.504 e. The van der Waals surface area contributed by atoms with Crippen LogP contribution in [-0.2, 0) is 14.3 Å². The van der Waals surface area contributed by atoms with Crippen molar-refractivity contribution in [1.29, 1.82) is 0 Å². The molecule has 0 unspecified atom stereocenters. The van der Waals surface area contributed by atoms with E-state index in [-0.39, 0.29) is 17.6 Å². The molecule has 35 heavy (non-hydrogen) atoms. The summed E-state index contributed by atoms with van der Waals surface area (Å²) in [5.74, 6) is 1.04. The molecule has 0 bridgehead atoms. The lowest BCUT2D eigenvalue weighted by Gasteiger charge is -2.45. The van der Waals surface area contributed by atoms with Crippen LogP contribution in [0.1, 0.15) is 101 Å². The quantitative estimate of drug-likeness (QED) is 0.422. The summed E-state index contributed by atoms with van der Waals surface area (Å²) >= 11 is 0. The number of ether oxygens (including phenoxy) is 3. The number of carbonyl (C=O) groups excluding carboxylic acids is 1. The Morgan fingerprint density at radius 2 is 1.71 bits per heavy atom. The number of esters is 1. The number of rotatable bonds is 4. The number of aliphatic hydroxyl groups is 2. The highest BCUT2D eigenvalue weighted by molar-refractivity contribution is 5.66. The number of phenolic OH excluding ortho intramolecular Hbond substituents is 1. The van der Waals surface area contributed by atoms with Gasteiger partial charge in [0.15, 0.2) is 23.7 Å². The molecular formula is C28H40O7. The normalized spacial score (nSPS) is 36.2. The third-order valence-corrected chi connectivity index (χ3v) is 8.11. The standard InChI is InChI=1S/C28H40O7/c1-12(2)10-18-11-14(4)19-9-8-13(3)20-22(19)21(18)15(5)23(30)26(20)35-28-25(32)27(34-17(7)29)24(31)16(6)33-28/h10,13-14,16,18-19,24-25,27-28,30-32H,8-9,11H2,1-7H3/t13-,14-,16+,18-,19+,24-,25+,27-,28+/m1/s1. The Bertz CT molecular complexity index is 1010. The number of benzene rings is 1. The van der Waals surface area contributed by atoms with Gasteiger partial charge in [-0.05, 0) is 81.4 Å². The summed E-state index contributed by atoms with van der Waals surface area (Å²) in [6.45, 7) is 13.5. The fourth-order valence-electron chi connectivity index (χ4n) is 6.45. The van der Waals surface area contributed by atoms with E-state index in [9.17, 15) is 20.1 Å². The van der Waals surface area contributed by atoms with Crippen LogP contribution in [0.4, 0.5) is 0 Å². The van der Waals surface area contributed by atoms with Crippen LogP contribution in [0, 0.1) is 12.8 Å². The summed E-state index contributed by atoms with van der Waals surface area (Å²) < 4.78 is 17.3. The van der Waals surface area contributed by atoms with Crippen molar-refractivity contribution in [2.75, 3.05) is 0 Å². The second kappa shape index (κ2) is 9.75. The fraction of sp³-hybridized carbons (Fsp3) is 0.679. The van der Waals surface area contributed by atoms with Crippen LogP contribution in [0.5, 0.6) is 11.5 Å². The molecular weight excluding hydrogens is 448 g/mol. The number of aliphatic hydroxyl groups excluding tert-OH is 2. The van der Waals surface area contributed by atoms with E-state index in [1.165, 1.54) is 23.6 Å². The summed E-state index contributed by atoms with van der Waals surface area (Å²) in [5.41, 5.74) is 5.50. The van der Waals surface area contributed by atoms with Gasteiger partial charge < -0.3 is 29.5 Å². The molecule has 0 aromatic heterocycles. The molecule has 7 nitrogen and oxygen atoms in total. The van der Waals surface area contributed by atoms with Crippen LogP contribution in [0.3, 0.4) is 0 Å². The topological polar surface area (TPSA) is 105 Å². The van der Waals surface area contributed by atoms with Crippen molar-refractivity contribution >= 4 is 5.97 Å². The van der Waals surface area contributed by atoms with Gasteiger partial charge in [0.25, 0.3) is 0 Å². The molecule has 4 rings (SSSR count). The monoisotopic (exact) mass is 488 g/mol. The Balaban J connectivity index is 1.82. The molecule has 2 aliphatic carbocycles. The average molecular weight is 489 g/mol. The maximum absolute atomic E-state index is 11.6. The Hall–Kier alpha value is -2.09. The zero-order chi connectivity index (χ0) is 25.8. The summed E-state index contributed by atoms with van der Waals surface area (Å²) in [6, 6.07) is 0. The van der Waals surface area contributed by atoms with Crippen molar-refractivity contribution in [3.8, 4) is 11.5 Å². The zero-order valence-electron chi connectivity index (χ0n) is 21.9. The van der Waals surface area contributed by atoms with Gasteiger partial charge in [0.1, 0.15) is 6.10 Å². The van der Waals surface area contributed by atoms with Gasteiger partial charge in [0.2, 0.25) is 6.29 Å². The molecule has 0 saturated carbocycles. The van der Waals surface area contributed by atoms with Crippen LogP contribution in [0.15, 0.2) is 11.6 Å². The summed E-state index contributed by atoms with van der Waals surface area (Å²) in [6.07, 6.45) is -0.334. The van der Waals surface area contributed by atoms with E-state index in [2.05, 4.69) is 33.8 Å². The molecule has 1 aliphatic heterocycles. The molecule has 1 aromatic carbocycles. The summed E-state index contributed by atoms with van der Waals surface area (Å²) in [5, 5.41) is 32.8. The molecule has 0 amide bonds. The van der Waals surface area contributed by atoms with Crippen molar-refractivity contribution < 1.29 is 34.3 Å². The molecule has 1 heterocycles. The van der Waals surface area contributed by atoms with Gasteiger partial charge in [-0.3, -0.25) is 4.79 Å². The number of hydrogen-bond acceptors (Lipinski definition) is 7. The van der Waals surface area contributed by atoms with Crippen molar-refractivity contribution in [3.63, 3.8) is 0 Å². The SMILES string of the molecule is CC(=O)O[C@H]1[C@H](O)[C@H](Oc2c(O)c(C)c3c4c2[C@H](C)CC[C@H]4[C@H](C)C[C@H]3C=C(C)C)O[C@@H](C)[C@H]1O. The number of carbonyl (C=O) groups is 1. The first-order chi connectivity index (χ1) is 16.4. The van der Waals surface area contributed by atoms with Crippen LogP contribution in [-0.4, -0.2) is 52.0 Å². The number of phenols is 1. The second-order valence-corrected chi connectivity index (χ2v) is 11.1. The van der Waals surface area contributed by atoms with Gasteiger partial charge in [0.05, 0.1) is 6.10 Å². The van der Waals surface area contributed by atoms with Crippen LogP contribution in [0.2, 0.25) is 0 Å². The van der Waals surface area contributed by atoms with Gasteiger partial charge >= 0.3 is 5.97 Å². The third-order valence-electron chi connectivity index (χ3n) is 8.11. The lowest BCUT2D eigenvalue weighted by molar-refractivity contribution is -0.272. The van der Waals surface area contributed by atoms with Gasteiger partial charge in [0, 0.05) is 18.4 Å². The first kappa shape index (κ1) is 26.0. The Morgan fingerprint density at radius 3 is 2.34 bits per heavy atom. The Labute approximate surface area is 208 Å². The van der Waals surface area contributed by atoms with E-state index in [1.807, 2.05) is 6.92 Å². The molecule has 1 saturated heterocycles. The first-order valence-corrected chi connectivity index (χ1v) is 12.8. The fourth-order valence-corrected chi connectivity index (χ4v) is 6.45. The van der Waals surface area contributed by atoms with Gasteiger partial charge in [-0.2, -0.15) is 0 Å². The first-order valence-electron chi connectivity index (χ1n) is 12.8. The molecule has 194 valence electrons. The van der Waals surface area contributed by atoms with E-state index in [1.54, 1.807) is 6.92 Å². The number of allylic oxidation sites excluding steroid dienone is 2. The van der Waals surface area contributed by atoms with E-state index in [0.717, 1.165) is 30.4 Å². The molecule has 9 atom stereocenters. The molecule has 0 radical (unpaired) electrons. The second-order valence-electron chi connectivity index (χ2n) is 11.1. The molecule has 3 aliphatic rings. The van der Waals surface area contributed by atoms with Crippen molar-refractivity contribution in [2.24, 2.45) is 5.92 Å². The van der Waals surface area contributed by atoms with Gasteiger partial charge in [-0.25, -0.2) is 0 Å². The highest BCUT2D eigenvalue weighted by atomic mass is 16.7. The van der Waals surface area contributed by atoms with E-state index < -0.39 is 36.7 Å². The highest BCUT2D eigenvalue weighted by Crippen LogP contribution is 2.58. The number of hydrogen-bond donors (Lipinski definition) is 3. The zero-order valence-corrected chi connectivity index (χ0v) is 21.9. The van der Waals surface area contributed by atoms with E-state index >= 15 is 0 Å².